The van der Waals surface area contributed by atoms with Crippen molar-refractivity contribution < 1.29 is 18.8 Å². The van der Waals surface area contributed by atoms with Crippen LogP contribution in [0.2, 0.25) is 0 Å². The van der Waals surface area contributed by atoms with Gasteiger partial charge in [-0.25, -0.2) is 4.98 Å². The first-order valence-corrected chi connectivity index (χ1v) is 9.29. The van der Waals surface area contributed by atoms with E-state index < -0.39 is 0 Å². The van der Waals surface area contributed by atoms with E-state index in [9.17, 15) is 4.79 Å². The van der Waals surface area contributed by atoms with Crippen LogP contribution in [0, 0.1) is 0 Å². The molecule has 30 heavy (non-hydrogen) atoms. The summed E-state index contributed by atoms with van der Waals surface area (Å²) >= 11 is 0. The lowest BCUT2D eigenvalue weighted by Crippen LogP contribution is -2.22. The third-order valence-corrected chi connectivity index (χ3v) is 4.41. The quantitative estimate of drug-likeness (QED) is 0.484. The van der Waals surface area contributed by atoms with Crippen molar-refractivity contribution in [2.24, 2.45) is 0 Å². The molecular weight excluding hydrogens is 384 g/mol. The molecule has 1 N–H and O–H groups in total. The van der Waals surface area contributed by atoms with Crippen LogP contribution in [0.5, 0.6) is 11.5 Å². The molecule has 2 aromatic carbocycles. The lowest BCUT2D eigenvalue weighted by molar-refractivity contribution is 0.0947. The van der Waals surface area contributed by atoms with Crippen molar-refractivity contribution in [3.63, 3.8) is 0 Å². The van der Waals surface area contributed by atoms with E-state index in [-0.39, 0.29) is 19.1 Å². The highest BCUT2D eigenvalue weighted by Gasteiger charge is 2.09. The molecule has 8 heteroatoms. The highest BCUT2D eigenvalue weighted by atomic mass is 16.5. The molecule has 0 aliphatic carbocycles. The number of nitrogens with one attached hydrogen (secondary N) is 1. The summed E-state index contributed by atoms with van der Waals surface area (Å²) in [6.45, 7) is 0.498. The van der Waals surface area contributed by atoms with Crippen molar-refractivity contribution in [2.75, 3.05) is 7.11 Å². The molecule has 0 atom stereocenters. The first-order valence-electron chi connectivity index (χ1n) is 9.29. The number of carbonyl (C=O) groups excluding carboxylic acids is 1. The van der Waals surface area contributed by atoms with Crippen LogP contribution >= 0.6 is 0 Å². The van der Waals surface area contributed by atoms with Gasteiger partial charge in [0, 0.05) is 29.7 Å². The Hall–Kier alpha value is -4.07. The molecule has 152 valence electrons. The topological polar surface area (TPSA) is 91.4 Å². The predicted octanol–water partition coefficient (Wildman–Crippen LogP) is 3.38. The second kappa shape index (κ2) is 8.95. The first kappa shape index (κ1) is 19.3. The van der Waals surface area contributed by atoms with E-state index in [1.807, 2.05) is 35.0 Å². The van der Waals surface area contributed by atoms with Gasteiger partial charge in [-0.2, -0.15) is 0 Å². The van der Waals surface area contributed by atoms with Crippen molar-refractivity contribution in [3.05, 3.63) is 90.3 Å². The highest BCUT2D eigenvalue weighted by Crippen LogP contribution is 2.17. The number of amides is 1. The van der Waals surface area contributed by atoms with E-state index in [2.05, 4.69) is 15.5 Å². The SMILES string of the molecule is COc1ccc(C(=O)NCc2cc(COc3ccc(-n4ccnc4)cc3)no2)cc1. The Labute approximate surface area is 173 Å². The molecule has 0 saturated carbocycles. The van der Waals surface area contributed by atoms with E-state index in [0.29, 0.717) is 22.8 Å². The first-order chi connectivity index (χ1) is 14.7. The third kappa shape index (κ3) is 4.67. The van der Waals surface area contributed by atoms with Gasteiger partial charge >= 0.3 is 0 Å². The Morgan fingerprint density at radius 1 is 1.10 bits per heavy atom. The number of benzene rings is 2. The maximum absolute atomic E-state index is 12.2. The number of aromatic nitrogens is 3. The predicted molar refractivity (Wildman–Crippen MR) is 109 cm³/mol. The van der Waals surface area contributed by atoms with Gasteiger partial charge in [0.2, 0.25) is 0 Å². The van der Waals surface area contributed by atoms with E-state index in [0.717, 1.165) is 11.4 Å². The van der Waals surface area contributed by atoms with Crippen LogP contribution in [0.4, 0.5) is 0 Å². The smallest absolute Gasteiger partial charge is 0.251 e. The average Bonchev–Trinajstić information content (AvgIpc) is 3.49. The number of imidazole rings is 1. The minimum absolute atomic E-state index is 0.204. The average molecular weight is 404 g/mol. The number of hydrogen-bond acceptors (Lipinski definition) is 6. The summed E-state index contributed by atoms with van der Waals surface area (Å²) in [5.74, 6) is 1.76. The van der Waals surface area contributed by atoms with Gasteiger partial charge in [0.05, 0.1) is 20.0 Å². The van der Waals surface area contributed by atoms with E-state index >= 15 is 0 Å². The van der Waals surface area contributed by atoms with Crippen molar-refractivity contribution >= 4 is 5.91 Å². The molecule has 4 rings (SSSR count). The Morgan fingerprint density at radius 3 is 2.57 bits per heavy atom. The van der Waals surface area contributed by atoms with Crippen LogP contribution < -0.4 is 14.8 Å². The molecule has 2 aromatic heterocycles. The lowest BCUT2D eigenvalue weighted by Gasteiger charge is -2.06. The highest BCUT2D eigenvalue weighted by molar-refractivity contribution is 5.94. The molecule has 0 fully saturated rings. The van der Waals surface area contributed by atoms with E-state index in [1.54, 1.807) is 50.0 Å². The largest absolute Gasteiger partial charge is 0.497 e. The fourth-order valence-electron chi connectivity index (χ4n) is 2.80. The van der Waals surface area contributed by atoms with Crippen molar-refractivity contribution in [3.8, 4) is 17.2 Å². The Bertz CT molecular complexity index is 1090. The standard InChI is InChI=1S/C22H20N4O4/c1-28-19-6-2-16(3-7-19)22(27)24-13-21-12-17(25-30-21)14-29-20-8-4-18(5-9-20)26-11-10-23-15-26/h2-12,15H,13-14H2,1H3,(H,24,27). The summed E-state index contributed by atoms with van der Waals surface area (Å²) < 4.78 is 18.0. The zero-order valence-electron chi connectivity index (χ0n) is 16.3. The molecule has 2 heterocycles. The number of ether oxygens (including phenoxy) is 2. The van der Waals surface area contributed by atoms with Crippen molar-refractivity contribution in [1.29, 1.82) is 0 Å². The second-order valence-corrected chi connectivity index (χ2v) is 6.45. The third-order valence-electron chi connectivity index (χ3n) is 4.41. The van der Waals surface area contributed by atoms with Crippen LogP contribution in [0.15, 0.2) is 77.8 Å². The minimum Gasteiger partial charge on any atom is -0.497 e. The van der Waals surface area contributed by atoms with Gasteiger partial charge in [0.25, 0.3) is 5.91 Å². The van der Waals surface area contributed by atoms with Gasteiger partial charge < -0.3 is 23.9 Å². The molecule has 0 aliphatic heterocycles. The molecule has 1 amide bonds. The molecule has 0 bridgehead atoms. The summed E-state index contributed by atoms with van der Waals surface area (Å²) in [4.78, 5) is 16.2. The maximum Gasteiger partial charge on any atom is 0.251 e. The molecule has 0 unspecified atom stereocenters. The summed E-state index contributed by atoms with van der Waals surface area (Å²) in [6, 6.07) is 16.3. The van der Waals surface area contributed by atoms with Crippen LogP contribution in [-0.4, -0.2) is 27.7 Å². The fraction of sp³-hybridized carbons (Fsp3) is 0.136. The number of nitrogens with zero attached hydrogens (tertiary/aromatic N) is 3. The lowest BCUT2D eigenvalue weighted by atomic mass is 10.2. The molecular formula is C22H20N4O4. The van der Waals surface area contributed by atoms with Crippen LogP contribution in [0.3, 0.4) is 0 Å². The van der Waals surface area contributed by atoms with Gasteiger partial charge in [-0.3, -0.25) is 4.79 Å². The molecule has 8 nitrogen and oxygen atoms in total. The molecule has 0 radical (unpaired) electrons. The monoisotopic (exact) mass is 404 g/mol. The van der Waals surface area contributed by atoms with Crippen LogP contribution in [-0.2, 0) is 13.2 Å². The minimum atomic E-state index is -0.204. The van der Waals surface area contributed by atoms with E-state index in [4.69, 9.17) is 14.0 Å². The molecule has 0 spiro atoms. The van der Waals surface area contributed by atoms with Gasteiger partial charge in [0.1, 0.15) is 23.8 Å². The molecule has 4 aromatic rings. The van der Waals surface area contributed by atoms with Gasteiger partial charge in [0.15, 0.2) is 5.76 Å². The number of hydrogen-bond donors (Lipinski definition) is 1. The van der Waals surface area contributed by atoms with Gasteiger partial charge in [-0.15, -0.1) is 0 Å². The second-order valence-electron chi connectivity index (χ2n) is 6.45. The van der Waals surface area contributed by atoms with Crippen molar-refractivity contribution in [1.82, 2.24) is 20.0 Å². The summed E-state index contributed by atoms with van der Waals surface area (Å²) in [6.07, 6.45) is 5.34. The molecule has 0 aliphatic rings. The Kier molecular flexibility index (Phi) is 5.75. The van der Waals surface area contributed by atoms with Crippen LogP contribution in [0.25, 0.3) is 5.69 Å². The van der Waals surface area contributed by atoms with Crippen molar-refractivity contribution in [2.45, 2.75) is 13.2 Å². The normalized spacial score (nSPS) is 10.6. The number of carbonyl (C=O) groups is 1. The number of rotatable bonds is 8. The van der Waals surface area contributed by atoms with Gasteiger partial charge in [-0.1, -0.05) is 5.16 Å². The summed E-state index contributed by atoms with van der Waals surface area (Å²) in [7, 11) is 1.58. The summed E-state index contributed by atoms with van der Waals surface area (Å²) in [5.41, 5.74) is 2.18. The fourth-order valence-corrected chi connectivity index (χ4v) is 2.80. The van der Waals surface area contributed by atoms with Crippen LogP contribution in [0.1, 0.15) is 21.8 Å². The molecule has 0 saturated heterocycles. The number of methoxy groups -OCH3 is 1. The summed E-state index contributed by atoms with van der Waals surface area (Å²) in [5, 5.41) is 6.78. The maximum atomic E-state index is 12.2. The Balaban J connectivity index is 1.27. The zero-order valence-corrected chi connectivity index (χ0v) is 16.3. The Morgan fingerprint density at radius 2 is 1.87 bits per heavy atom. The van der Waals surface area contributed by atoms with E-state index in [1.165, 1.54) is 0 Å². The van der Waals surface area contributed by atoms with Gasteiger partial charge in [-0.05, 0) is 48.5 Å². The zero-order chi connectivity index (χ0) is 20.8.